The Balaban J connectivity index is 3.38. The molecule has 0 aliphatic rings. The van der Waals surface area contributed by atoms with Gasteiger partial charge in [0.1, 0.15) is 0 Å². The Morgan fingerprint density at radius 2 is 1.40 bits per heavy atom. The Bertz CT molecular complexity index is 510. The third-order valence-electron chi connectivity index (χ3n) is 2.36. The van der Waals surface area contributed by atoms with Crippen LogP contribution in [0.15, 0.2) is 24.8 Å². The Labute approximate surface area is 109 Å². The first-order valence-corrected chi connectivity index (χ1v) is 5.10. The zero-order valence-electron chi connectivity index (χ0n) is 9.77. The summed E-state index contributed by atoms with van der Waals surface area (Å²) in [6.45, 7) is 3.20. The zero-order valence-corrected chi connectivity index (χ0v) is 9.77. The minimum absolute atomic E-state index is 0.0302. The largest absolute Gasteiger partial charge is 0.481 e. The van der Waals surface area contributed by atoms with E-state index in [1.165, 1.54) is 0 Å². The maximum Gasteiger partial charge on any atom is 0.416 e. The molecule has 1 aromatic rings. The first-order chi connectivity index (χ1) is 8.91. The van der Waals surface area contributed by atoms with Gasteiger partial charge in [0.05, 0.1) is 17.5 Å². The fraction of sp³-hybridized carbons (Fsp3) is 0.250. The highest BCUT2D eigenvalue weighted by Gasteiger charge is 2.37. The number of hydrogen-bond donors (Lipinski definition) is 1. The molecule has 0 amide bonds. The smallest absolute Gasteiger partial charge is 0.416 e. The molecule has 2 nitrogen and oxygen atoms in total. The van der Waals surface area contributed by atoms with Crippen LogP contribution < -0.4 is 0 Å². The quantitative estimate of drug-likeness (QED) is 0.849. The van der Waals surface area contributed by atoms with Crippen LogP contribution in [0, 0.1) is 0 Å². The Kier molecular flexibility index (Phi) is 4.16. The fourth-order valence-corrected chi connectivity index (χ4v) is 1.44. The van der Waals surface area contributed by atoms with Crippen LogP contribution in [0.1, 0.15) is 23.1 Å². The molecule has 0 saturated carbocycles. The lowest BCUT2D eigenvalue weighted by Crippen LogP contribution is -2.12. The van der Waals surface area contributed by atoms with Crippen molar-refractivity contribution in [3.63, 3.8) is 0 Å². The normalized spacial score (nSPS) is 12.3. The van der Waals surface area contributed by atoms with Crippen molar-refractivity contribution in [1.82, 2.24) is 0 Å². The van der Waals surface area contributed by atoms with Gasteiger partial charge in [-0.15, -0.1) is 0 Å². The molecule has 0 fully saturated rings. The van der Waals surface area contributed by atoms with Crippen molar-refractivity contribution >= 4 is 11.5 Å². The van der Waals surface area contributed by atoms with Gasteiger partial charge in [0.15, 0.2) is 0 Å². The highest BCUT2D eigenvalue weighted by atomic mass is 19.4. The molecule has 0 aromatic heterocycles. The SMILES string of the molecule is C=C(CC(=O)O)c1cc(C(F)(F)F)cc(C(F)(F)F)c1. The maximum atomic E-state index is 12.5. The van der Waals surface area contributed by atoms with Crippen molar-refractivity contribution in [2.45, 2.75) is 18.8 Å². The molecule has 0 atom stereocenters. The molecule has 8 heteroatoms. The molecule has 0 heterocycles. The number of carboxylic acid groups (broad SMARTS) is 1. The van der Waals surface area contributed by atoms with Gasteiger partial charge in [0.25, 0.3) is 0 Å². The van der Waals surface area contributed by atoms with Gasteiger partial charge in [0.2, 0.25) is 0 Å². The summed E-state index contributed by atoms with van der Waals surface area (Å²) < 4.78 is 75.3. The summed E-state index contributed by atoms with van der Waals surface area (Å²) in [7, 11) is 0. The second kappa shape index (κ2) is 5.18. The molecule has 0 saturated heterocycles. The second-order valence-corrected chi connectivity index (χ2v) is 3.97. The molecule has 0 unspecified atom stereocenters. The van der Waals surface area contributed by atoms with Crippen LogP contribution in [0.3, 0.4) is 0 Å². The Morgan fingerprint density at radius 3 is 1.70 bits per heavy atom. The lowest BCUT2D eigenvalue weighted by atomic mass is 9.98. The van der Waals surface area contributed by atoms with Crippen molar-refractivity contribution in [3.05, 3.63) is 41.5 Å². The van der Waals surface area contributed by atoms with E-state index in [-0.39, 0.29) is 11.6 Å². The standard InChI is InChI=1S/C12H8F6O2/c1-6(2-10(19)20)7-3-8(11(13,14)15)5-9(4-7)12(16,17)18/h3-5H,1-2H2,(H,19,20). The van der Waals surface area contributed by atoms with Crippen LogP contribution >= 0.6 is 0 Å². The van der Waals surface area contributed by atoms with Gasteiger partial charge in [0, 0.05) is 0 Å². The van der Waals surface area contributed by atoms with E-state index in [2.05, 4.69) is 6.58 Å². The van der Waals surface area contributed by atoms with Crippen LogP contribution in [-0.2, 0) is 17.1 Å². The van der Waals surface area contributed by atoms with Crippen molar-refractivity contribution in [2.75, 3.05) is 0 Å². The second-order valence-electron chi connectivity index (χ2n) is 3.97. The lowest BCUT2D eigenvalue weighted by Gasteiger charge is -2.14. The van der Waals surface area contributed by atoms with Gasteiger partial charge in [-0.05, 0) is 29.3 Å². The molecule has 110 valence electrons. The van der Waals surface area contributed by atoms with Crippen LogP contribution in [0.4, 0.5) is 26.3 Å². The molecular weight excluding hydrogens is 290 g/mol. The highest BCUT2D eigenvalue weighted by molar-refractivity contribution is 5.83. The van der Waals surface area contributed by atoms with Gasteiger partial charge in [-0.3, -0.25) is 4.79 Å². The summed E-state index contributed by atoms with van der Waals surface area (Å²) in [5, 5.41) is 8.50. The number of carbonyl (C=O) groups is 1. The number of rotatable bonds is 3. The first kappa shape index (κ1) is 16.1. The lowest BCUT2D eigenvalue weighted by molar-refractivity contribution is -0.143. The first-order valence-electron chi connectivity index (χ1n) is 5.10. The third kappa shape index (κ3) is 4.01. The number of halogens is 6. The maximum absolute atomic E-state index is 12.5. The molecule has 0 spiro atoms. The van der Waals surface area contributed by atoms with Crippen LogP contribution in [0.25, 0.3) is 5.57 Å². The summed E-state index contributed by atoms with van der Waals surface area (Å²) in [6, 6.07) is 0.860. The monoisotopic (exact) mass is 298 g/mol. The van der Waals surface area contributed by atoms with E-state index in [1.54, 1.807) is 0 Å². The summed E-state index contributed by atoms with van der Waals surface area (Å²) in [5.41, 5.74) is -3.86. The van der Waals surface area contributed by atoms with Gasteiger partial charge >= 0.3 is 18.3 Å². The van der Waals surface area contributed by atoms with E-state index in [1.807, 2.05) is 0 Å². The molecule has 0 aliphatic carbocycles. The van der Waals surface area contributed by atoms with E-state index in [0.29, 0.717) is 12.1 Å². The number of benzene rings is 1. The van der Waals surface area contributed by atoms with Crippen molar-refractivity contribution in [3.8, 4) is 0 Å². The van der Waals surface area contributed by atoms with Crippen LogP contribution in [0.5, 0.6) is 0 Å². The molecule has 1 N–H and O–H groups in total. The van der Waals surface area contributed by atoms with Gasteiger partial charge in [-0.2, -0.15) is 26.3 Å². The van der Waals surface area contributed by atoms with Gasteiger partial charge in [-0.25, -0.2) is 0 Å². The Morgan fingerprint density at radius 1 is 1.00 bits per heavy atom. The van der Waals surface area contributed by atoms with Gasteiger partial charge in [-0.1, -0.05) is 6.58 Å². The Hall–Kier alpha value is -1.99. The molecule has 0 bridgehead atoms. The summed E-state index contributed by atoms with van der Waals surface area (Å²) >= 11 is 0. The highest BCUT2D eigenvalue weighted by Crippen LogP contribution is 2.37. The van der Waals surface area contributed by atoms with Crippen LogP contribution in [-0.4, -0.2) is 11.1 Å². The minimum Gasteiger partial charge on any atom is -0.481 e. The average Bonchev–Trinajstić information content (AvgIpc) is 2.25. The number of aliphatic carboxylic acids is 1. The molecule has 20 heavy (non-hydrogen) atoms. The average molecular weight is 298 g/mol. The molecular formula is C12H8F6O2. The van der Waals surface area contributed by atoms with Crippen LogP contribution in [0.2, 0.25) is 0 Å². The molecule has 0 radical (unpaired) electrons. The number of carboxylic acids is 1. The van der Waals surface area contributed by atoms with E-state index in [0.717, 1.165) is 0 Å². The van der Waals surface area contributed by atoms with E-state index >= 15 is 0 Å². The minimum atomic E-state index is -4.97. The molecule has 0 aliphatic heterocycles. The van der Waals surface area contributed by atoms with E-state index in [9.17, 15) is 31.1 Å². The zero-order chi connectivity index (χ0) is 15.7. The predicted molar refractivity (Wildman–Crippen MR) is 57.7 cm³/mol. The third-order valence-corrected chi connectivity index (χ3v) is 2.36. The van der Waals surface area contributed by atoms with E-state index < -0.39 is 41.4 Å². The summed E-state index contributed by atoms with van der Waals surface area (Å²) in [4.78, 5) is 10.4. The van der Waals surface area contributed by atoms with Crippen molar-refractivity contribution < 1.29 is 36.2 Å². The topological polar surface area (TPSA) is 37.3 Å². The van der Waals surface area contributed by atoms with Gasteiger partial charge < -0.3 is 5.11 Å². The number of hydrogen-bond acceptors (Lipinski definition) is 1. The predicted octanol–water partition coefficient (Wildman–Crippen LogP) is 4.21. The molecule has 1 aromatic carbocycles. The van der Waals surface area contributed by atoms with E-state index in [4.69, 9.17) is 5.11 Å². The van der Waals surface area contributed by atoms with Crippen molar-refractivity contribution in [2.24, 2.45) is 0 Å². The fourth-order valence-electron chi connectivity index (χ4n) is 1.44. The summed E-state index contributed by atoms with van der Waals surface area (Å²) in [6.07, 6.45) is -10.7. The molecule has 1 rings (SSSR count). The van der Waals surface area contributed by atoms with Crippen molar-refractivity contribution in [1.29, 1.82) is 0 Å². The summed E-state index contributed by atoms with van der Waals surface area (Å²) in [5.74, 6) is -1.40. The number of alkyl halides is 6.